The van der Waals surface area contributed by atoms with Crippen LogP contribution >= 0.6 is 0 Å². The zero-order chi connectivity index (χ0) is 15.1. The van der Waals surface area contributed by atoms with Gasteiger partial charge in [-0.05, 0) is 24.6 Å². The molecule has 0 saturated carbocycles. The van der Waals surface area contributed by atoms with Crippen molar-refractivity contribution < 1.29 is 4.79 Å². The van der Waals surface area contributed by atoms with E-state index < -0.39 is 0 Å². The van der Waals surface area contributed by atoms with Gasteiger partial charge in [0.25, 0.3) is 0 Å². The van der Waals surface area contributed by atoms with E-state index in [-0.39, 0.29) is 5.91 Å². The lowest BCUT2D eigenvalue weighted by Gasteiger charge is -2.36. The van der Waals surface area contributed by atoms with Crippen LogP contribution in [-0.2, 0) is 4.79 Å². The molecule has 0 atom stereocenters. The van der Waals surface area contributed by atoms with Gasteiger partial charge in [0, 0.05) is 51.4 Å². The molecule has 1 fully saturated rings. The minimum absolute atomic E-state index is 0.246. The Labute approximate surface area is 127 Å². The zero-order valence-corrected chi connectivity index (χ0v) is 12.8. The van der Waals surface area contributed by atoms with Gasteiger partial charge in [-0.2, -0.15) is 0 Å². The highest BCUT2D eigenvalue weighted by atomic mass is 16.2. The van der Waals surface area contributed by atoms with Gasteiger partial charge in [0.2, 0.25) is 5.91 Å². The van der Waals surface area contributed by atoms with E-state index in [1.54, 1.807) is 0 Å². The normalized spacial score (nSPS) is 15.1. The number of amides is 1. The first-order chi connectivity index (χ1) is 10.2. The average molecular weight is 287 g/mol. The summed E-state index contributed by atoms with van der Waals surface area (Å²) < 4.78 is 0. The summed E-state index contributed by atoms with van der Waals surface area (Å²) in [5.74, 6) is 0.246. The minimum atomic E-state index is 0.246. The second-order valence-electron chi connectivity index (χ2n) is 5.45. The summed E-state index contributed by atoms with van der Waals surface area (Å²) in [6, 6.07) is 8.55. The molecule has 1 aromatic carbocycles. The van der Waals surface area contributed by atoms with Crippen molar-refractivity contribution in [1.82, 2.24) is 10.2 Å². The molecule has 0 radical (unpaired) electrons. The second-order valence-corrected chi connectivity index (χ2v) is 5.45. The van der Waals surface area contributed by atoms with E-state index in [4.69, 9.17) is 0 Å². The number of aryl methyl sites for hydroxylation is 1. The molecule has 114 valence electrons. The Kier molecular flexibility index (Phi) is 5.81. The van der Waals surface area contributed by atoms with Crippen LogP contribution < -0.4 is 10.2 Å². The SMILES string of the molecule is C=CCNCCC(=O)N1CCN(c2cccc(C)c2)CC1. The van der Waals surface area contributed by atoms with Crippen molar-refractivity contribution in [3.63, 3.8) is 0 Å². The van der Waals surface area contributed by atoms with Crippen molar-refractivity contribution in [2.24, 2.45) is 0 Å². The number of anilines is 1. The maximum absolute atomic E-state index is 12.1. The summed E-state index contributed by atoms with van der Waals surface area (Å²) in [6.07, 6.45) is 2.38. The first-order valence-corrected chi connectivity index (χ1v) is 7.61. The fourth-order valence-electron chi connectivity index (χ4n) is 2.60. The number of hydrogen-bond donors (Lipinski definition) is 1. The topological polar surface area (TPSA) is 35.6 Å². The van der Waals surface area contributed by atoms with Crippen LogP contribution in [-0.4, -0.2) is 50.1 Å². The molecule has 0 aromatic heterocycles. The number of nitrogens with zero attached hydrogens (tertiary/aromatic N) is 2. The standard InChI is InChI=1S/C17H25N3O/c1-3-8-18-9-7-17(21)20-12-10-19(11-13-20)16-6-4-5-15(2)14-16/h3-6,14,18H,1,7-13H2,2H3. The van der Waals surface area contributed by atoms with Gasteiger partial charge in [-0.25, -0.2) is 0 Å². The van der Waals surface area contributed by atoms with Gasteiger partial charge in [0.15, 0.2) is 0 Å². The van der Waals surface area contributed by atoms with E-state index in [0.717, 1.165) is 39.3 Å². The first kappa shape index (κ1) is 15.6. The molecular formula is C17H25N3O. The number of nitrogens with one attached hydrogen (secondary N) is 1. The molecule has 1 heterocycles. The third kappa shape index (κ3) is 4.60. The number of rotatable bonds is 6. The Morgan fingerprint density at radius 3 is 2.76 bits per heavy atom. The van der Waals surface area contributed by atoms with E-state index in [2.05, 4.69) is 48.0 Å². The van der Waals surface area contributed by atoms with Crippen LogP contribution in [0.25, 0.3) is 0 Å². The van der Waals surface area contributed by atoms with Gasteiger partial charge in [-0.1, -0.05) is 18.2 Å². The van der Waals surface area contributed by atoms with Crippen molar-refractivity contribution in [3.05, 3.63) is 42.5 Å². The van der Waals surface area contributed by atoms with Crippen molar-refractivity contribution in [3.8, 4) is 0 Å². The number of hydrogen-bond acceptors (Lipinski definition) is 3. The third-order valence-corrected chi connectivity index (χ3v) is 3.80. The first-order valence-electron chi connectivity index (χ1n) is 7.61. The summed E-state index contributed by atoms with van der Waals surface area (Å²) in [5.41, 5.74) is 2.54. The quantitative estimate of drug-likeness (QED) is 0.640. The predicted molar refractivity (Wildman–Crippen MR) is 87.7 cm³/mol. The molecule has 1 aromatic rings. The smallest absolute Gasteiger partial charge is 0.223 e. The fraction of sp³-hybridized carbons (Fsp3) is 0.471. The third-order valence-electron chi connectivity index (χ3n) is 3.80. The van der Waals surface area contributed by atoms with Gasteiger partial charge in [0.1, 0.15) is 0 Å². The molecule has 0 spiro atoms. The van der Waals surface area contributed by atoms with E-state index in [1.807, 2.05) is 11.0 Å². The Balaban J connectivity index is 1.77. The highest BCUT2D eigenvalue weighted by molar-refractivity contribution is 5.76. The molecule has 1 aliphatic rings. The average Bonchev–Trinajstić information content (AvgIpc) is 2.51. The number of carbonyl (C=O) groups excluding carboxylic acids is 1. The summed E-state index contributed by atoms with van der Waals surface area (Å²) in [5, 5.41) is 3.17. The second kappa shape index (κ2) is 7.84. The molecule has 0 unspecified atom stereocenters. The van der Waals surface area contributed by atoms with Gasteiger partial charge >= 0.3 is 0 Å². The van der Waals surface area contributed by atoms with Gasteiger partial charge in [-0.15, -0.1) is 6.58 Å². The van der Waals surface area contributed by atoms with Gasteiger partial charge < -0.3 is 15.1 Å². The Morgan fingerprint density at radius 2 is 2.10 bits per heavy atom. The van der Waals surface area contributed by atoms with E-state index >= 15 is 0 Å². The van der Waals surface area contributed by atoms with Crippen LogP contribution in [0.3, 0.4) is 0 Å². The number of piperazine rings is 1. The van der Waals surface area contributed by atoms with Crippen LogP contribution in [0.2, 0.25) is 0 Å². The number of benzene rings is 1. The predicted octanol–water partition coefficient (Wildman–Crippen LogP) is 1.81. The summed E-state index contributed by atoms with van der Waals surface area (Å²) in [6.45, 7) is 10.7. The van der Waals surface area contributed by atoms with Crippen LogP contribution in [0.4, 0.5) is 5.69 Å². The maximum Gasteiger partial charge on any atom is 0.223 e. The molecule has 1 N–H and O–H groups in total. The zero-order valence-electron chi connectivity index (χ0n) is 12.8. The summed E-state index contributed by atoms with van der Waals surface area (Å²) in [7, 11) is 0. The minimum Gasteiger partial charge on any atom is -0.368 e. The van der Waals surface area contributed by atoms with Crippen molar-refractivity contribution in [1.29, 1.82) is 0 Å². The Morgan fingerprint density at radius 1 is 1.33 bits per heavy atom. The van der Waals surface area contributed by atoms with Crippen LogP contribution in [0.5, 0.6) is 0 Å². The highest BCUT2D eigenvalue weighted by Crippen LogP contribution is 2.17. The molecule has 21 heavy (non-hydrogen) atoms. The lowest BCUT2D eigenvalue weighted by molar-refractivity contribution is -0.131. The van der Waals surface area contributed by atoms with E-state index in [1.165, 1.54) is 11.3 Å². The van der Waals surface area contributed by atoms with Crippen LogP contribution in [0, 0.1) is 6.92 Å². The summed E-state index contributed by atoms with van der Waals surface area (Å²) in [4.78, 5) is 16.4. The molecule has 1 saturated heterocycles. The molecule has 2 rings (SSSR count). The van der Waals surface area contributed by atoms with Crippen molar-refractivity contribution in [2.75, 3.05) is 44.2 Å². The largest absolute Gasteiger partial charge is 0.368 e. The molecule has 1 aliphatic heterocycles. The molecular weight excluding hydrogens is 262 g/mol. The van der Waals surface area contributed by atoms with Crippen LogP contribution in [0.15, 0.2) is 36.9 Å². The Hall–Kier alpha value is -1.81. The van der Waals surface area contributed by atoms with Gasteiger partial charge in [-0.3, -0.25) is 4.79 Å². The van der Waals surface area contributed by atoms with Gasteiger partial charge in [0.05, 0.1) is 0 Å². The van der Waals surface area contributed by atoms with E-state index in [0.29, 0.717) is 6.42 Å². The fourth-order valence-corrected chi connectivity index (χ4v) is 2.60. The summed E-state index contributed by atoms with van der Waals surface area (Å²) >= 11 is 0. The monoisotopic (exact) mass is 287 g/mol. The molecule has 1 amide bonds. The van der Waals surface area contributed by atoms with Crippen molar-refractivity contribution in [2.45, 2.75) is 13.3 Å². The number of carbonyl (C=O) groups is 1. The lowest BCUT2D eigenvalue weighted by Crippen LogP contribution is -2.49. The molecule has 0 bridgehead atoms. The van der Waals surface area contributed by atoms with E-state index in [9.17, 15) is 4.79 Å². The Bertz CT molecular complexity index is 479. The maximum atomic E-state index is 12.1. The van der Waals surface area contributed by atoms with Crippen LogP contribution in [0.1, 0.15) is 12.0 Å². The lowest BCUT2D eigenvalue weighted by atomic mass is 10.2. The molecule has 4 heteroatoms. The highest BCUT2D eigenvalue weighted by Gasteiger charge is 2.20. The van der Waals surface area contributed by atoms with Crippen molar-refractivity contribution >= 4 is 11.6 Å². The molecule has 4 nitrogen and oxygen atoms in total. The molecule has 0 aliphatic carbocycles.